The Bertz CT molecular complexity index is 1440. The second kappa shape index (κ2) is 10.2. The highest BCUT2D eigenvalue weighted by Crippen LogP contribution is 2.32. The molecule has 9 nitrogen and oxygen atoms in total. The Balaban J connectivity index is 1.22. The van der Waals surface area contributed by atoms with Gasteiger partial charge in [0.1, 0.15) is 29.3 Å². The van der Waals surface area contributed by atoms with Crippen LogP contribution in [0.3, 0.4) is 0 Å². The van der Waals surface area contributed by atoms with Gasteiger partial charge >= 0.3 is 0 Å². The van der Waals surface area contributed by atoms with Gasteiger partial charge in [-0.05, 0) is 61.0 Å². The zero-order chi connectivity index (χ0) is 25.9. The number of nitrogens with zero attached hydrogens (tertiary/aromatic N) is 2. The summed E-state index contributed by atoms with van der Waals surface area (Å²) in [6, 6.07) is 18.8. The Morgan fingerprint density at radius 3 is 2.57 bits per heavy atom. The minimum absolute atomic E-state index is 0.00820. The molecule has 190 valence electrons. The molecule has 1 saturated heterocycles. The molecule has 0 radical (unpaired) electrons. The van der Waals surface area contributed by atoms with Crippen molar-refractivity contribution in [2.75, 3.05) is 18.4 Å². The topological polar surface area (TPSA) is 147 Å². The summed E-state index contributed by atoms with van der Waals surface area (Å²) in [5.74, 6) is 2.14. The Hall–Kier alpha value is -4.53. The quantitative estimate of drug-likeness (QED) is 0.124. The first-order valence-electron chi connectivity index (χ1n) is 12.3. The van der Waals surface area contributed by atoms with Crippen LogP contribution >= 0.6 is 0 Å². The molecule has 0 amide bonds. The Morgan fingerprint density at radius 1 is 1.11 bits per heavy atom. The number of hydrogen-bond donors (Lipinski definition) is 6. The average Bonchev–Trinajstić information content (AvgIpc) is 3.32. The molecule has 7 N–H and O–H groups in total. The van der Waals surface area contributed by atoms with Gasteiger partial charge in [-0.25, -0.2) is 4.98 Å². The highest BCUT2D eigenvalue weighted by atomic mass is 16.5. The van der Waals surface area contributed by atoms with E-state index in [-0.39, 0.29) is 17.7 Å². The molecule has 0 atom stereocenters. The third kappa shape index (κ3) is 5.50. The van der Waals surface area contributed by atoms with Crippen LogP contribution in [-0.4, -0.2) is 50.8 Å². The molecule has 1 aromatic heterocycles. The number of phenolic OH excluding ortho intramolecular Hbond substituents is 1. The number of H-pyrrole nitrogens is 1. The number of amidine groups is 2. The highest BCUT2D eigenvalue weighted by molar-refractivity contribution is 5.98. The predicted octanol–water partition coefficient (Wildman–Crippen LogP) is 4.67. The van der Waals surface area contributed by atoms with E-state index in [1.165, 1.54) is 0 Å². The van der Waals surface area contributed by atoms with Crippen LogP contribution in [0.25, 0.3) is 22.4 Å². The lowest BCUT2D eigenvalue weighted by molar-refractivity contribution is 0.130. The lowest BCUT2D eigenvalue weighted by atomic mass is 10.1. The Kier molecular flexibility index (Phi) is 6.68. The van der Waals surface area contributed by atoms with Crippen molar-refractivity contribution < 1.29 is 9.84 Å². The van der Waals surface area contributed by atoms with Crippen molar-refractivity contribution in [1.82, 2.24) is 14.9 Å². The van der Waals surface area contributed by atoms with Gasteiger partial charge in [0, 0.05) is 43.7 Å². The zero-order valence-electron chi connectivity index (χ0n) is 20.7. The van der Waals surface area contributed by atoms with Crippen LogP contribution in [0.2, 0.25) is 0 Å². The fourth-order valence-corrected chi connectivity index (χ4v) is 4.53. The van der Waals surface area contributed by atoms with Gasteiger partial charge in [0.15, 0.2) is 0 Å². The number of fused-ring (bicyclic) bond motifs is 1. The molecule has 3 aromatic carbocycles. The van der Waals surface area contributed by atoms with E-state index in [4.69, 9.17) is 21.3 Å². The largest absolute Gasteiger partial charge is 0.507 e. The molecule has 37 heavy (non-hydrogen) atoms. The molecule has 1 aliphatic rings. The molecule has 0 spiro atoms. The van der Waals surface area contributed by atoms with Crippen molar-refractivity contribution in [2.45, 2.75) is 32.4 Å². The number of aromatic nitrogens is 2. The number of phenols is 1. The molecule has 0 saturated carbocycles. The first-order valence-corrected chi connectivity index (χ1v) is 12.3. The molecular formula is C28H31N7O2. The molecule has 0 bridgehead atoms. The fourth-order valence-electron chi connectivity index (χ4n) is 4.53. The number of piperidine rings is 1. The lowest BCUT2D eigenvalue weighted by Crippen LogP contribution is -2.40. The van der Waals surface area contributed by atoms with E-state index < -0.39 is 0 Å². The van der Waals surface area contributed by atoms with Crippen molar-refractivity contribution in [1.29, 1.82) is 10.8 Å². The molecule has 5 rings (SSSR count). The normalized spacial score (nSPS) is 14.0. The van der Waals surface area contributed by atoms with Gasteiger partial charge in [0.05, 0.1) is 22.4 Å². The summed E-state index contributed by atoms with van der Waals surface area (Å²) in [5.41, 5.74) is 10.2. The third-order valence-corrected chi connectivity index (χ3v) is 6.68. The van der Waals surface area contributed by atoms with Gasteiger partial charge in [-0.1, -0.05) is 12.1 Å². The van der Waals surface area contributed by atoms with E-state index in [2.05, 4.69) is 20.2 Å². The van der Waals surface area contributed by atoms with Crippen LogP contribution in [0.4, 0.5) is 5.69 Å². The number of hydrogen-bond acceptors (Lipinski definition) is 6. The monoisotopic (exact) mass is 497 g/mol. The summed E-state index contributed by atoms with van der Waals surface area (Å²) in [5, 5.41) is 29.3. The number of ether oxygens (including phenoxy) is 1. The third-order valence-electron chi connectivity index (χ3n) is 6.68. The number of nitrogens with one attached hydrogen (secondary N) is 4. The summed E-state index contributed by atoms with van der Waals surface area (Å²) in [6.45, 7) is 4.18. The number of likely N-dealkylation sites (tertiary alicyclic amines) is 1. The first kappa shape index (κ1) is 24.2. The SMILES string of the molecule is CC(=N)N1CCC(Oc2ccc(CNc3ccc(O)c(-c4nc5ccc(C(=N)N)cc5[nH]4)c3)cc2)CC1. The number of benzene rings is 3. The lowest BCUT2D eigenvalue weighted by Gasteiger charge is -2.32. The summed E-state index contributed by atoms with van der Waals surface area (Å²) >= 11 is 0. The Labute approximate surface area is 215 Å². The number of nitrogen functional groups attached to an aromatic ring is 1. The zero-order valence-corrected chi connectivity index (χ0v) is 20.7. The maximum absolute atomic E-state index is 10.5. The number of anilines is 1. The van der Waals surface area contributed by atoms with Crippen molar-refractivity contribution in [3.05, 3.63) is 71.8 Å². The Morgan fingerprint density at radius 2 is 1.86 bits per heavy atom. The number of aromatic hydroxyl groups is 1. The van der Waals surface area contributed by atoms with Gasteiger partial charge in [-0.3, -0.25) is 10.8 Å². The van der Waals surface area contributed by atoms with E-state index in [1.54, 1.807) is 24.3 Å². The summed E-state index contributed by atoms with van der Waals surface area (Å²) in [6.07, 6.45) is 2.03. The van der Waals surface area contributed by atoms with Crippen molar-refractivity contribution in [3.63, 3.8) is 0 Å². The van der Waals surface area contributed by atoms with Crippen LogP contribution in [0.15, 0.2) is 60.7 Å². The maximum atomic E-state index is 10.5. The molecule has 1 fully saturated rings. The van der Waals surface area contributed by atoms with Crippen LogP contribution in [0.1, 0.15) is 30.9 Å². The van der Waals surface area contributed by atoms with Crippen molar-refractivity contribution in [3.8, 4) is 22.9 Å². The summed E-state index contributed by atoms with van der Waals surface area (Å²) in [7, 11) is 0. The maximum Gasteiger partial charge on any atom is 0.142 e. The number of aromatic amines is 1. The van der Waals surface area contributed by atoms with Gasteiger partial charge < -0.3 is 30.8 Å². The smallest absolute Gasteiger partial charge is 0.142 e. The highest BCUT2D eigenvalue weighted by Gasteiger charge is 2.20. The van der Waals surface area contributed by atoms with Crippen molar-refractivity contribution >= 4 is 28.4 Å². The van der Waals surface area contributed by atoms with E-state index in [1.807, 2.05) is 43.3 Å². The number of nitrogens with two attached hydrogens (primary N) is 1. The van der Waals surface area contributed by atoms with Gasteiger partial charge in [-0.15, -0.1) is 0 Å². The molecule has 0 unspecified atom stereocenters. The van der Waals surface area contributed by atoms with E-state index in [9.17, 15) is 5.11 Å². The average molecular weight is 498 g/mol. The molecular weight excluding hydrogens is 466 g/mol. The molecule has 9 heteroatoms. The second-order valence-electron chi connectivity index (χ2n) is 9.35. The van der Waals surface area contributed by atoms with Gasteiger partial charge in [0.25, 0.3) is 0 Å². The van der Waals surface area contributed by atoms with Crippen LogP contribution in [0.5, 0.6) is 11.5 Å². The van der Waals surface area contributed by atoms with E-state index >= 15 is 0 Å². The standard InChI is InChI=1S/C28H31N7O2/c1-17(29)35-12-10-22(11-13-35)37-21-6-2-18(3-7-21)16-32-20-5-9-26(36)23(15-20)28-33-24-8-4-19(27(30)31)14-25(24)34-28/h2-9,14-15,22,29,32,36H,10-13,16H2,1H3,(H3,30,31)(H,33,34). The van der Waals surface area contributed by atoms with Crippen LogP contribution in [-0.2, 0) is 6.54 Å². The number of imidazole rings is 1. The van der Waals surface area contributed by atoms with E-state index in [0.717, 1.165) is 54.0 Å². The van der Waals surface area contributed by atoms with Gasteiger partial charge in [-0.2, -0.15) is 0 Å². The molecule has 4 aromatic rings. The van der Waals surface area contributed by atoms with Crippen molar-refractivity contribution in [2.24, 2.45) is 5.73 Å². The summed E-state index contributed by atoms with van der Waals surface area (Å²) in [4.78, 5) is 9.90. The molecule has 0 aliphatic carbocycles. The molecule has 2 heterocycles. The van der Waals surface area contributed by atoms with Gasteiger partial charge in [0.2, 0.25) is 0 Å². The first-order chi connectivity index (χ1) is 17.9. The van der Waals surface area contributed by atoms with Crippen LogP contribution < -0.4 is 15.8 Å². The molecule has 1 aliphatic heterocycles. The number of rotatable bonds is 7. The fraction of sp³-hybridized carbons (Fsp3) is 0.250. The second-order valence-corrected chi connectivity index (χ2v) is 9.35. The summed E-state index contributed by atoms with van der Waals surface area (Å²) < 4.78 is 6.15. The predicted molar refractivity (Wildman–Crippen MR) is 147 cm³/mol. The minimum Gasteiger partial charge on any atom is -0.507 e. The van der Waals surface area contributed by atoms with Crippen LogP contribution in [0, 0.1) is 10.8 Å². The minimum atomic E-state index is -0.00820. The van der Waals surface area contributed by atoms with E-state index in [0.29, 0.717) is 29.3 Å².